The van der Waals surface area contributed by atoms with Crippen molar-refractivity contribution < 1.29 is 9.53 Å². The number of rotatable bonds is 5. The maximum atomic E-state index is 11.6. The first-order chi connectivity index (χ1) is 9.26. The Labute approximate surface area is 118 Å². The summed E-state index contributed by atoms with van der Waals surface area (Å²) in [6.45, 7) is 5.30. The molecule has 0 unspecified atom stereocenters. The van der Waals surface area contributed by atoms with Crippen LogP contribution in [0.15, 0.2) is 5.38 Å². The van der Waals surface area contributed by atoms with Crippen molar-refractivity contribution in [3.63, 3.8) is 0 Å². The highest BCUT2D eigenvalue weighted by molar-refractivity contribution is 7.13. The van der Waals surface area contributed by atoms with Crippen LogP contribution in [-0.4, -0.2) is 30.1 Å². The molecule has 0 radical (unpaired) electrons. The van der Waals surface area contributed by atoms with Gasteiger partial charge in [-0.25, -0.2) is 9.78 Å². The number of hydrogen-bond donors (Lipinski definition) is 0. The predicted octanol–water partition coefficient (Wildman–Crippen LogP) is 3.48. The van der Waals surface area contributed by atoms with Gasteiger partial charge in [0.25, 0.3) is 0 Å². The molecular formula is C14H22N2O2S. The molecule has 4 nitrogen and oxygen atoms in total. The van der Waals surface area contributed by atoms with Crippen molar-refractivity contribution >= 4 is 22.4 Å². The number of anilines is 1. The second-order valence-electron chi connectivity index (χ2n) is 4.81. The number of aromatic nitrogens is 1. The fourth-order valence-electron chi connectivity index (χ4n) is 2.64. The molecule has 1 heterocycles. The van der Waals surface area contributed by atoms with Crippen LogP contribution in [0.4, 0.5) is 5.13 Å². The van der Waals surface area contributed by atoms with E-state index in [9.17, 15) is 4.79 Å². The Bertz CT molecular complexity index is 413. The van der Waals surface area contributed by atoms with Crippen LogP contribution in [0.3, 0.4) is 0 Å². The van der Waals surface area contributed by atoms with E-state index in [1.165, 1.54) is 32.1 Å². The van der Waals surface area contributed by atoms with Gasteiger partial charge in [0.15, 0.2) is 10.8 Å². The molecule has 1 aromatic rings. The maximum Gasteiger partial charge on any atom is 0.357 e. The number of carbonyl (C=O) groups excluding carboxylic acids is 1. The summed E-state index contributed by atoms with van der Waals surface area (Å²) >= 11 is 1.54. The molecule has 0 aromatic carbocycles. The Morgan fingerprint density at radius 1 is 1.42 bits per heavy atom. The average molecular weight is 282 g/mol. The zero-order valence-corrected chi connectivity index (χ0v) is 12.5. The predicted molar refractivity (Wildman–Crippen MR) is 78.0 cm³/mol. The lowest BCUT2D eigenvalue weighted by Gasteiger charge is -2.33. The number of carbonyl (C=O) groups is 1. The van der Waals surface area contributed by atoms with Gasteiger partial charge in [0.05, 0.1) is 6.61 Å². The largest absolute Gasteiger partial charge is 0.461 e. The number of thiazole rings is 1. The van der Waals surface area contributed by atoms with Gasteiger partial charge in [-0.05, 0) is 26.7 Å². The number of esters is 1. The number of nitrogens with zero attached hydrogens (tertiary/aromatic N) is 2. The Balaban J connectivity index is 2.08. The highest BCUT2D eigenvalue weighted by atomic mass is 32.1. The monoisotopic (exact) mass is 282 g/mol. The molecule has 5 heteroatoms. The summed E-state index contributed by atoms with van der Waals surface area (Å²) in [6, 6.07) is 0.583. The van der Waals surface area contributed by atoms with Gasteiger partial charge in [0.2, 0.25) is 0 Å². The standard InChI is InChI=1S/C14H22N2O2S/c1-3-16(11-8-6-5-7-9-11)14-15-12(10-19-14)13(17)18-4-2/h10-11H,3-9H2,1-2H3. The van der Waals surface area contributed by atoms with Gasteiger partial charge in [0.1, 0.15) is 0 Å². The molecule has 0 bridgehead atoms. The van der Waals surface area contributed by atoms with Gasteiger partial charge >= 0.3 is 5.97 Å². The summed E-state index contributed by atoms with van der Waals surface area (Å²) in [5.41, 5.74) is 0.441. The third-order valence-electron chi connectivity index (χ3n) is 3.58. The third-order valence-corrected chi connectivity index (χ3v) is 4.46. The SMILES string of the molecule is CCOC(=O)c1csc(N(CC)C2CCCCC2)n1. The molecule has 0 atom stereocenters. The van der Waals surface area contributed by atoms with Crippen LogP contribution in [0.2, 0.25) is 0 Å². The number of ether oxygens (including phenoxy) is 1. The topological polar surface area (TPSA) is 42.4 Å². The molecule has 1 aromatic heterocycles. The average Bonchev–Trinajstić information content (AvgIpc) is 2.91. The summed E-state index contributed by atoms with van der Waals surface area (Å²) < 4.78 is 4.99. The second kappa shape index (κ2) is 6.89. The van der Waals surface area contributed by atoms with Crippen LogP contribution in [0.25, 0.3) is 0 Å². The molecule has 0 N–H and O–H groups in total. The zero-order chi connectivity index (χ0) is 13.7. The third kappa shape index (κ3) is 3.47. The Kier molecular flexibility index (Phi) is 5.19. The lowest BCUT2D eigenvalue weighted by molar-refractivity contribution is 0.0520. The van der Waals surface area contributed by atoms with E-state index in [1.54, 1.807) is 16.7 Å². The molecule has 0 aliphatic heterocycles. The van der Waals surface area contributed by atoms with Crippen LogP contribution in [-0.2, 0) is 4.74 Å². The van der Waals surface area contributed by atoms with Crippen LogP contribution in [0, 0.1) is 0 Å². The molecule has 1 fully saturated rings. The van der Waals surface area contributed by atoms with Gasteiger partial charge in [-0.2, -0.15) is 0 Å². The van der Waals surface area contributed by atoms with E-state index in [-0.39, 0.29) is 5.97 Å². The summed E-state index contributed by atoms with van der Waals surface area (Å²) in [7, 11) is 0. The molecule has 1 saturated carbocycles. The fraction of sp³-hybridized carbons (Fsp3) is 0.714. The zero-order valence-electron chi connectivity index (χ0n) is 11.7. The lowest BCUT2D eigenvalue weighted by Crippen LogP contribution is -2.36. The van der Waals surface area contributed by atoms with E-state index in [4.69, 9.17) is 4.74 Å². The molecule has 2 rings (SSSR count). The molecule has 0 amide bonds. The second-order valence-corrected chi connectivity index (χ2v) is 5.65. The molecule has 1 aliphatic rings. The first-order valence-electron chi connectivity index (χ1n) is 7.15. The molecule has 19 heavy (non-hydrogen) atoms. The van der Waals surface area contributed by atoms with Gasteiger partial charge in [-0.1, -0.05) is 19.3 Å². The molecular weight excluding hydrogens is 260 g/mol. The van der Waals surface area contributed by atoms with Crippen LogP contribution in [0.5, 0.6) is 0 Å². The smallest absolute Gasteiger partial charge is 0.357 e. The van der Waals surface area contributed by atoms with Gasteiger partial charge < -0.3 is 9.64 Å². The summed E-state index contributed by atoms with van der Waals surface area (Å²) in [5, 5.41) is 2.76. The van der Waals surface area contributed by atoms with Crippen LogP contribution < -0.4 is 4.90 Å². The highest BCUT2D eigenvalue weighted by Gasteiger charge is 2.23. The first-order valence-corrected chi connectivity index (χ1v) is 8.03. The Morgan fingerprint density at radius 3 is 2.79 bits per heavy atom. The Morgan fingerprint density at radius 2 is 2.16 bits per heavy atom. The van der Waals surface area contributed by atoms with Crippen molar-refractivity contribution in [3.05, 3.63) is 11.1 Å². The van der Waals surface area contributed by atoms with Crippen molar-refractivity contribution in [3.8, 4) is 0 Å². The van der Waals surface area contributed by atoms with E-state index >= 15 is 0 Å². The van der Waals surface area contributed by atoms with Crippen molar-refractivity contribution in [1.82, 2.24) is 4.98 Å². The van der Waals surface area contributed by atoms with Crippen molar-refractivity contribution in [2.75, 3.05) is 18.1 Å². The first kappa shape index (κ1) is 14.3. The van der Waals surface area contributed by atoms with Gasteiger partial charge in [0, 0.05) is 18.0 Å². The van der Waals surface area contributed by atoms with Crippen molar-refractivity contribution in [2.45, 2.75) is 52.0 Å². The molecule has 0 spiro atoms. The Hall–Kier alpha value is -1.10. The molecule has 1 aliphatic carbocycles. The van der Waals surface area contributed by atoms with Gasteiger partial charge in [-0.15, -0.1) is 11.3 Å². The fourth-order valence-corrected chi connectivity index (χ4v) is 3.57. The van der Waals surface area contributed by atoms with Gasteiger partial charge in [-0.3, -0.25) is 0 Å². The minimum Gasteiger partial charge on any atom is -0.461 e. The number of hydrogen-bond acceptors (Lipinski definition) is 5. The van der Waals surface area contributed by atoms with E-state index in [1.807, 2.05) is 6.92 Å². The lowest BCUT2D eigenvalue weighted by atomic mass is 9.94. The van der Waals surface area contributed by atoms with E-state index in [0.717, 1.165) is 11.7 Å². The quantitative estimate of drug-likeness (QED) is 0.775. The van der Waals surface area contributed by atoms with Crippen LogP contribution in [0.1, 0.15) is 56.4 Å². The van der Waals surface area contributed by atoms with Crippen molar-refractivity contribution in [2.24, 2.45) is 0 Å². The van der Waals surface area contributed by atoms with Crippen LogP contribution >= 0.6 is 11.3 Å². The highest BCUT2D eigenvalue weighted by Crippen LogP contribution is 2.29. The summed E-state index contributed by atoms with van der Waals surface area (Å²) in [5.74, 6) is -0.315. The van der Waals surface area contributed by atoms with E-state index in [2.05, 4.69) is 16.8 Å². The maximum absolute atomic E-state index is 11.6. The van der Waals surface area contributed by atoms with E-state index < -0.39 is 0 Å². The summed E-state index contributed by atoms with van der Waals surface area (Å²) in [4.78, 5) is 18.4. The minimum atomic E-state index is -0.315. The normalized spacial score (nSPS) is 16.3. The minimum absolute atomic E-state index is 0.315. The van der Waals surface area contributed by atoms with E-state index in [0.29, 0.717) is 18.3 Å². The van der Waals surface area contributed by atoms with Crippen molar-refractivity contribution in [1.29, 1.82) is 0 Å². The molecule has 106 valence electrons. The molecule has 0 saturated heterocycles. The summed E-state index contributed by atoms with van der Waals surface area (Å²) in [6.07, 6.45) is 6.43.